The maximum absolute atomic E-state index is 11.5. The van der Waals surface area contributed by atoms with Crippen molar-refractivity contribution in [3.05, 3.63) is 29.0 Å². The van der Waals surface area contributed by atoms with Crippen LogP contribution >= 0.6 is 11.6 Å². The number of halogens is 1. The summed E-state index contributed by atoms with van der Waals surface area (Å²) in [6, 6.07) is 5.41. The third-order valence-corrected chi connectivity index (χ3v) is 4.04. The summed E-state index contributed by atoms with van der Waals surface area (Å²) in [4.78, 5) is 19.1. The van der Waals surface area contributed by atoms with Gasteiger partial charge in [-0.3, -0.25) is 4.79 Å². The third-order valence-electron chi connectivity index (χ3n) is 3.81. The van der Waals surface area contributed by atoms with Gasteiger partial charge in [-0.25, -0.2) is 4.98 Å². The zero-order chi connectivity index (χ0) is 14.0. The Bertz CT molecular complexity index is 603. The van der Waals surface area contributed by atoms with Gasteiger partial charge in [-0.1, -0.05) is 25.4 Å². The molecule has 1 heterocycles. The van der Waals surface area contributed by atoms with E-state index in [1.54, 1.807) is 12.1 Å². The Kier molecular flexibility index (Phi) is 3.80. The van der Waals surface area contributed by atoms with Crippen LogP contribution in [0.2, 0.25) is 5.02 Å². The number of aliphatic carboxylic acids is 1. The van der Waals surface area contributed by atoms with E-state index in [9.17, 15) is 9.90 Å². The second-order valence-corrected chi connectivity index (χ2v) is 5.25. The van der Waals surface area contributed by atoms with Crippen molar-refractivity contribution in [2.45, 2.75) is 33.1 Å². The highest BCUT2D eigenvalue weighted by molar-refractivity contribution is 6.31. The van der Waals surface area contributed by atoms with Crippen molar-refractivity contribution in [3.63, 3.8) is 0 Å². The zero-order valence-corrected chi connectivity index (χ0v) is 11.8. The van der Waals surface area contributed by atoms with Gasteiger partial charge in [0.1, 0.15) is 5.82 Å². The van der Waals surface area contributed by atoms with Crippen LogP contribution in [0, 0.1) is 5.41 Å². The molecule has 0 aliphatic rings. The van der Waals surface area contributed by atoms with Crippen LogP contribution in [0.4, 0.5) is 0 Å². The fourth-order valence-corrected chi connectivity index (χ4v) is 2.49. The molecule has 5 heteroatoms. The molecule has 0 fully saturated rings. The molecule has 0 spiro atoms. The minimum atomic E-state index is -0.768. The molecule has 0 saturated heterocycles. The van der Waals surface area contributed by atoms with Crippen LogP contribution in [0.15, 0.2) is 18.2 Å². The molecule has 2 N–H and O–H groups in total. The Morgan fingerprint density at radius 2 is 2.11 bits per heavy atom. The number of imidazole rings is 1. The molecule has 0 saturated carbocycles. The van der Waals surface area contributed by atoms with Crippen LogP contribution in [0.3, 0.4) is 0 Å². The number of nitrogens with zero attached hydrogens (tertiary/aromatic N) is 1. The van der Waals surface area contributed by atoms with Gasteiger partial charge in [-0.05, 0) is 31.0 Å². The van der Waals surface area contributed by atoms with Crippen LogP contribution in [0.5, 0.6) is 0 Å². The quantitative estimate of drug-likeness (QED) is 0.878. The first kappa shape index (κ1) is 13.9. The standard InChI is InChI=1S/C14H17ClN2O2/c1-3-14(4-2,13(18)19)8-12-16-10-6-5-9(15)7-11(10)17-12/h5-7H,3-4,8H2,1-2H3,(H,16,17)(H,18,19). The third kappa shape index (κ3) is 2.59. The van der Waals surface area contributed by atoms with E-state index >= 15 is 0 Å². The fourth-order valence-electron chi connectivity index (χ4n) is 2.32. The van der Waals surface area contributed by atoms with Crippen molar-refractivity contribution in [2.75, 3.05) is 0 Å². The molecule has 0 atom stereocenters. The van der Waals surface area contributed by atoms with Crippen LogP contribution in [-0.4, -0.2) is 21.0 Å². The van der Waals surface area contributed by atoms with E-state index in [1.165, 1.54) is 0 Å². The van der Waals surface area contributed by atoms with Gasteiger partial charge < -0.3 is 10.1 Å². The molecule has 2 aromatic rings. The summed E-state index contributed by atoms with van der Waals surface area (Å²) in [5.74, 6) is -0.0700. The van der Waals surface area contributed by atoms with Crippen molar-refractivity contribution in [1.82, 2.24) is 9.97 Å². The van der Waals surface area contributed by atoms with Crippen molar-refractivity contribution in [1.29, 1.82) is 0 Å². The number of carboxylic acids is 1. The molecular formula is C14H17ClN2O2. The van der Waals surface area contributed by atoms with Crippen LogP contribution in [0.1, 0.15) is 32.5 Å². The van der Waals surface area contributed by atoms with Crippen LogP contribution in [-0.2, 0) is 11.2 Å². The minimum absolute atomic E-state index is 0.404. The number of aromatic amines is 1. The minimum Gasteiger partial charge on any atom is -0.481 e. The van der Waals surface area contributed by atoms with E-state index < -0.39 is 11.4 Å². The second kappa shape index (κ2) is 5.21. The number of hydrogen-bond acceptors (Lipinski definition) is 2. The zero-order valence-electron chi connectivity index (χ0n) is 11.0. The van der Waals surface area contributed by atoms with Crippen LogP contribution in [0.25, 0.3) is 11.0 Å². The largest absolute Gasteiger partial charge is 0.481 e. The van der Waals surface area contributed by atoms with E-state index in [2.05, 4.69) is 9.97 Å². The van der Waals surface area contributed by atoms with E-state index in [1.807, 2.05) is 19.9 Å². The van der Waals surface area contributed by atoms with E-state index in [-0.39, 0.29) is 0 Å². The van der Waals surface area contributed by atoms with Crippen molar-refractivity contribution >= 4 is 28.6 Å². The summed E-state index contributed by atoms with van der Waals surface area (Å²) in [6.45, 7) is 3.80. The maximum atomic E-state index is 11.5. The Morgan fingerprint density at radius 3 is 2.68 bits per heavy atom. The Balaban J connectivity index is 2.36. The molecule has 0 radical (unpaired) electrons. The van der Waals surface area contributed by atoms with E-state index in [4.69, 9.17) is 11.6 Å². The lowest BCUT2D eigenvalue weighted by molar-refractivity contribution is -0.149. The van der Waals surface area contributed by atoms with E-state index in [0.29, 0.717) is 30.1 Å². The Labute approximate surface area is 116 Å². The predicted molar refractivity (Wildman–Crippen MR) is 75.5 cm³/mol. The molecule has 0 amide bonds. The monoisotopic (exact) mass is 280 g/mol. The lowest BCUT2D eigenvalue weighted by Crippen LogP contribution is -2.32. The summed E-state index contributed by atoms with van der Waals surface area (Å²) in [7, 11) is 0. The van der Waals surface area contributed by atoms with Gasteiger partial charge in [0.05, 0.1) is 16.4 Å². The number of benzene rings is 1. The van der Waals surface area contributed by atoms with Crippen molar-refractivity contribution in [3.8, 4) is 0 Å². The normalized spacial score (nSPS) is 11.9. The highest BCUT2D eigenvalue weighted by Gasteiger charge is 2.35. The molecule has 4 nitrogen and oxygen atoms in total. The summed E-state index contributed by atoms with van der Waals surface area (Å²) < 4.78 is 0. The molecule has 1 aromatic carbocycles. The number of hydrogen-bond donors (Lipinski definition) is 2. The average molecular weight is 281 g/mol. The Morgan fingerprint density at radius 1 is 1.42 bits per heavy atom. The molecule has 0 aliphatic heterocycles. The second-order valence-electron chi connectivity index (χ2n) is 4.81. The van der Waals surface area contributed by atoms with Gasteiger partial charge in [0, 0.05) is 11.4 Å². The molecular weight excluding hydrogens is 264 g/mol. The van der Waals surface area contributed by atoms with Gasteiger partial charge in [0.25, 0.3) is 0 Å². The average Bonchev–Trinajstić information content (AvgIpc) is 2.77. The first-order valence-corrected chi connectivity index (χ1v) is 6.76. The summed E-state index contributed by atoms with van der Waals surface area (Å²) in [5, 5.41) is 10.1. The van der Waals surface area contributed by atoms with Gasteiger partial charge in [0.2, 0.25) is 0 Å². The van der Waals surface area contributed by atoms with Gasteiger partial charge in [-0.2, -0.15) is 0 Å². The molecule has 0 bridgehead atoms. The molecule has 1 aromatic heterocycles. The molecule has 19 heavy (non-hydrogen) atoms. The molecule has 2 rings (SSSR count). The van der Waals surface area contributed by atoms with Crippen LogP contribution < -0.4 is 0 Å². The molecule has 102 valence electrons. The lowest BCUT2D eigenvalue weighted by Gasteiger charge is -2.25. The lowest BCUT2D eigenvalue weighted by atomic mass is 9.79. The van der Waals surface area contributed by atoms with Crippen molar-refractivity contribution in [2.24, 2.45) is 5.41 Å². The predicted octanol–water partition coefficient (Wildman–Crippen LogP) is 3.65. The number of carboxylic acid groups (broad SMARTS) is 1. The highest BCUT2D eigenvalue weighted by Crippen LogP contribution is 2.31. The number of nitrogens with one attached hydrogen (secondary N) is 1. The maximum Gasteiger partial charge on any atom is 0.310 e. The number of H-pyrrole nitrogens is 1. The summed E-state index contributed by atoms with van der Waals surface area (Å²) >= 11 is 5.92. The first-order chi connectivity index (χ1) is 9.00. The SMILES string of the molecule is CCC(CC)(Cc1nc2ccc(Cl)cc2[nH]1)C(=O)O. The van der Waals surface area contributed by atoms with Gasteiger partial charge >= 0.3 is 5.97 Å². The Hall–Kier alpha value is -1.55. The fraction of sp³-hybridized carbons (Fsp3) is 0.429. The number of fused-ring (bicyclic) bond motifs is 1. The first-order valence-electron chi connectivity index (χ1n) is 6.38. The van der Waals surface area contributed by atoms with E-state index in [0.717, 1.165) is 11.0 Å². The summed E-state index contributed by atoms with van der Waals surface area (Å²) in [6.07, 6.45) is 1.56. The summed E-state index contributed by atoms with van der Waals surface area (Å²) in [5.41, 5.74) is 0.900. The number of aromatic nitrogens is 2. The van der Waals surface area contributed by atoms with Gasteiger partial charge in [-0.15, -0.1) is 0 Å². The topological polar surface area (TPSA) is 66.0 Å². The number of rotatable bonds is 5. The molecule has 0 unspecified atom stereocenters. The number of carbonyl (C=O) groups is 1. The smallest absolute Gasteiger partial charge is 0.310 e. The van der Waals surface area contributed by atoms with Gasteiger partial charge in [0.15, 0.2) is 0 Å². The van der Waals surface area contributed by atoms with Crippen molar-refractivity contribution < 1.29 is 9.90 Å². The molecule has 0 aliphatic carbocycles. The highest BCUT2D eigenvalue weighted by atomic mass is 35.5.